The number of aromatic amines is 2. The number of aliphatic hydroxyl groups is 1. The molecule has 3 N–H and O–H groups in total. The minimum atomic E-state index is -0.493. The lowest BCUT2D eigenvalue weighted by molar-refractivity contribution is 0.127. The van der Waals surface area contributed by atoms with Gasteiger partial charge in [0.1, 0.15) is 0 Å². The molecule has 0 fully saturated rings. The summed E-state index contributed by atoms with van der Waals surface area (Å²) in [5, 5.41) is 9.86. The van der Waals surface area contributed by atoms with Crippen molar-refractivity contribution in [3.8, 4) is 0 Å². The van der Waals surface area contributed by atoms with Crippen LogP contribution in [0.25, 0.3) is 11.0 Å². The van der Waals surface area contributed by atoms with E-state index in [-0.39, 0.29) is 11.6 Å². The molecule has 0 saturated carbocycles. The first kappa shape index (κ1) is 9.98. The average Bonchev–Trinajstić information content (AvgIpc) is 2.55. The lowest BCUT2D eigenvalue weighted by Gasteiger charge is -2.14. The van der Waals surface area contributed by atoms with E-state index in [1.165, 1.54) is 0 Å². The van der Waals surface area contributed by atoms with Crippen molar-refractivity contribution in [1.82, 2.24) is 9.97 Å². The van der Waals surface area contributed by atoms with Gasteiger partial charge in [-0.25, -0.2) is 4.79 Å². The summed E-state index contributed by atoms with van der Waals surface area (Å²) in [7, 11) is 0. The number of aromatic nitrogens is 2. The van der Waals surface area contributed by atoms with Gasteiger partial charge >= 0.3 is 5.69 Å². The Morgan fingerprint density at radius 2 is 1.87 bits per heavy atom. The maximum absolute atomic E-state index is 11.0. The molecule has 0 radical (unpaired) electrons. The van der Waals surface area contributed by atoms with Crippen molar-refractivity contribution in [1.29, 1.82) is 0 Å². The first-order valence-corrected chi connectivity index (χ1v) is 4.98. The van der Waals surface area contributed by atoms with E-state index in [9.17, 15) is 9.90 Å². The van der Waals surface area contributed by atoms with Crippen molar-refractivity contribution in [3.05, 3.63) is 34.2 Å². The Kier molecular flexibility index (Phi) is 2.36. The maximum Gasteiger partial charge on any atom is 0.323 e. The normalized spacial score (nSPS) is 13.6. The third-order valence-electron chi connectivity index (χ3n) is 2.51. The van der Waals surface area contributed by atoms with E-state index in [0.29, 0.717) is 0 Å². The van der Waals surface area contributed by atoms with Crippen molar-refractivity contribution in [2.24, 2.45) is 5.92 Å². The minimum absolute atomic E-state index is 0.160. The van der Waals surface area contributed by atoms with Crippen LogP contribution in [-0.2, 0) is 0 Å². The Hall–Kier alpha value is -1.55. The number of benzene rings is 1. The fourth-order valence-corrected chi connectivity index (χ4v) is 1.62. The number of fused-ring (bicyclic) bond motifs is 1. The molecule has 1 aromatic heterocycles. The third-order valence-corrected chi connectivity index (χ3v) is 2.51. The second-order valence-electron chi connectivity index (χ2n) is 4.07. The Balaban J connectivity index is 2.50. The summed E-state index contributed by atoms with van der Waals surface area (Å²) >= 11 is 0. The summed E-state index contributed by atoms with van der Waals surface area (Å²) in [5.41, 5.74) is 2.10. The second kappa shape index (κ2) is 3.55. The summed E-state index contributed by atoms with van der Waals surface area (Å²) in [4.78, 5) is 16.4. The summed E-state index contributed by atoms with van der Waals surface area (Å²) in [6.45, 7) is 3.91. The van der Waals surface area contributed by atoms with Gasteiger partial charge in [-0.2, -0.15) is 0 Å². The molecule has 4 nitrogen and oxygen atoms in total. The van der Waals surface area contributed by atoms with Crippen LogP contribution >= 0.6 is 0 Å². The average molecular weight is 206 g/mol. The molecule has 0 aliphatic carbocycles. The first-order chi connectivity index (χ1) is 7.08. The molecule has 2 aromatic rings. The van der Waals surface area contributed by atoms with Crippen LogP contribution in [-0.4, -0.2) is 15.1 Å². The molecule has 1 aromatic carbocycles. The standard InChI is InChI=1S/C11H14N2O2/c1-6(2)10(14)7-3-4-8-9(5-7)13-11(15)12-8/h3-6,10,14H,1-2H3,(H2,12,13,15). The van der Waals surface area contributed by atoms with Gasteiger partial charge in [0.05, 0.1) is 17.1 Å². The van der Waals surface area contributed by atoms with Crippen LogP contribution in [0, 0.1) is 5.92 Å². The molecule has 0 aliphatic heterocycles. The number of hydrogen-bond donors (Lipinski definition) is 3. The van der Waals surface area contributed by atoms with Gasteiger partial charge in [-0.3, -0.25) is 0 Å². The highest BCUT2D eigenvalue weighted by Gasteiger charge is 2.12. The summed E-state index contributed by atoms with van der Waals surface area (Å²) in [6, 6.07) is 5.43. The Bertz CT molecular complexity index is 525. The van der Waals surface area contributed by atoms with Crippen molar-refractivity contribution in [2.75, 3.05) is 0 Å². The number of imidazole rings is 1. The van der Waals surface area contributed by atoms with E-state index >= 15 is 0 Å². The highest BCUT2D eigenvalue weighted by atomic mass is 16.3. The molecular weight excluding hydrogens is 192 g/mol. The highest BCUT2D eigenvalue weighted by Crippen LogP contribution is 2.23. The van der Waals surface area contributed by atoms with Crippen LogP contribution in [0.1, 0.15) is 25.5 Å². The zero-order chi connectivity index (χ0) is 11.0. The molecule has 0 spiro atoms. The molecule has 80 valence electrons. The van der Waals surface area contributed by atoms with E-state index in [1.807, 2.05) is 19.9 Å². The van der Waals surface area contributed by atoms with E-state index in [0.717, 1.165) is 16.6 Å². The summed E-state index contributed by atoms with van der Waals surface area (Å²) < 4.78 is 0. The Morgan fingerprint density at radius 1 is 1.20 bits per heavy atom. The predicted octanol–water partition coefficient (Wildman–Crippen LogP) is 1.55. The Labute approximate surface area is 87.0 Å². The largest absolute Gasteiger partial charge is 0.388 e. The quantitative estimate of drug-likeness (QED) is 0.697. The van der Waals surface area contributed by atoms with E-state index in [2.05, 4.69) is 9.97 Å². The summed E-state index contributed by atoms with van der Waals surface area (Å²) in [5.74, 6) is 0.160. The molecule has 15 heavy (non-hydrogen) atoms. The van der Waals surface area contributed by atoms with Gasteiger partial charge in [0.2, 0.25) is 0 Å². The molecule has 0 bridgehead atoms. The molecule has 1 atom stereocenters. The van der Waals surface area contributed by atoms with Crippen molar-refractivity contribution < 1.29 is 5.11 Å². The van der Waals surface area contributed by atoms with Crippen molar-refractivity contribution in [3.63, 3.8) is 0 Å². The molecule has 1 heterocycles. The molecule has 1 unspecified atom stereocenters. The van der Waals surface area contributed by atoms with Gasteiger partial charge in [0.25, 0.3) is 0 Å². The first-order valence-electron chi connectivity index (χ1n) is 4.98. The van der Waals surface area contributed by atoms with Gasteiger partial charge in [-0.05, 0) is 23.6 Å². The van der Waals surface area contributed by atoms with Crippen molar-refractivity contribution in [2.45, 2.75) is 20.0 Å². The maximum atomic E-state index is 11.0. The van der Waals surface area contributed by atoms with Gasteiger partial charge in [0, 0.05) is 0 Å². The van der Waals surface area contributed by atoms with Crippen LogP contribution in [0.5, 0.6) is 0 Å². The summed E-state index contributed by atoms with van der Waals surface area (Å²) in [6.07, 6.45) is -0.493. The van der Waals surface area contributed by atoms with E-state index < -0.39 is 6.10 Å². The van der Waals surface area contributed by atoms with Gasteiger partial charge in [0.15, 0.2) is 0 Å². The van der Waals surface area contributed by atoms with Crippen LogP contribution < -0.4 is 5.69 Å². The lowest BCUT2D eigenvalue weighted by atomic mass is 9.99. The number of aliphatic hydroxyl groups excluding tert-OH is 1. The molecular formula is C11H14N2O2. The van der Waals surface area contributed by atoms with Crippen LogP contribution in [0.15, 0.2) is 23.0 Å². The zero-order valence-electron chi connectivity index (χ0n) is 8.74. The van der Waals surface area contributed by atoms with Gasteiger partial charge < -0.3 is 15.1 Å². The fourth-order valence-electron chi connectivity index (χ4n) is 1.62. The monoisotopic (exact) mass is 206 g/mol. The smallest absolute Gasteiger partial charge is 0.323 e. The van der Waals surface area contributed by atoms with E-state index in [4.69, 9.17) is 0 Å². The third kappa shape index (κ3) is 1.80. The number of hydrogen-bond acceptors (Lipinski definition) is 2. The van der Waals surface area contributed by atoms with Crippen molar-refractivity contribution >= 4 is 11.0 Å². The number of H-pyrrole nitrogens is 2. The fraction of sp³-hybridized carbons (Fsp3) is 0.364. The Morgan fingerprint density at radius 3 is 2.53 bits per heavy atom. The minimum Gasteiger partial charge on any atom is -0.388 e. The zero-order valence-corrected chi connectivity index (χ0v) is 8.74. The molecule has 0 amide bonds. The van der Waals surface area contributed by atoms with Gasteiger partial charge in [-0.15, -0.1) is 0 Å². The highest BCUT2D eigenvalue weighted by molar-refractivity contribution is 5.75. The number of rotatable bonds is 2. The predicted molar refractivity (Wildman–Crippen MR) is 58.7 cm³/mol. The van der Waals surface area contributed by atoms with Gasteiger partial charge in [-0.1, -0.05) is 19.9 Å². The second-order valence-corrected chi connectivity index (χ2v) is 4.07. The molecule has 2 rings (SSSR count). The van der Waals surface area contributed by atoms with E-state index in [1.54, 1.807) is 12.1 Å². The molecule has 0 aliphatic rings. The SMILES string of the molecule is CC(C)C(O)c1ccc2[nH]c(=O)[nH]c2c1. The molecule has 4 heteroatoms. The number of nitrogens with one attached hydrogen (secondary N) is 2. The van der Waals surface area contributed by atoms with Crippen LogP contribution in [0.3, 0.4) is 0 Å². The lowest BCUT2D eigenvalue weighted by Crippen LogP contribution is -2.04. The van der Waals surface area contributed by atoms with Crippen LogP contribution in [0.4, 0.5) is 0 Å². The topological polar surface area (TPSA) is 68.9 Å². The van der Waals surface area contributed by atoms with Crippen LogP contribution in [0.2, 0.25) is 0 Å². The molecule has 0 saturated heterocycles.